The maximum Gasteiger partial charge on any atom is 0.0640 e. The van der Waals surface area contributed by atoms with Crippen molar-refractivity contribution in [1.29, 1.82) is 0 Å². The molecule has 1 rings (SSSR count). The molecule has 0 spiro atoms. The summed E-state index contributed by atoms with van der Waals surface area (Å²) in [6, 6.07) is 3.26. The van der Waals surface area contributed by atoms with Crippen LogP contribution in [0.15, 0.2) is 12.3 Å². The molecule has 1 aromatic rings. The van der Waals surface area contributed by atoms with Crippen molar-refractivity contribution in [3.8, 4) is 0 Å². The average Bonchev–Trinajstić information content (AvgIpc) is 2.87. The monoisotopic (exact) mass is 265 g/mol. The zero-order valence-corrected chi connectivity index (χ0v) is 13.2. The summed E-state index contributed by atoms with van der Waals surface area (Å²) in [5.74, 6) is 0. The number of aromatic nitrogens is 2. The van der Waals surface area contributed by atoms with E-state index in [0.717, 1.165) is 19.4 Å². The van der Waals surface area contributed by atoms with Gasteiger partial charge in [-0.15, -0.1) is 0 Å². The van der Waals surface area contributed by atoms with Crippen molar-refractivity contribution in [3.05, 3.63) is 18.0 Å². The van der Waals surface area contributed by atoms with E-state index < -0.39 is 0 Å². The fourth-order valence-electron chi connectivity index (χ4n) is 2.38. The van der Waals surface area contributed by atoms with Crippen LogP contribution in [0, 0.1) is 0 Å². The SMILES string of the molecule is CCCCCC(Cc1ccn(C(C)CC)n1)NCC. The fraction of sp³-hybridized carbons (Fsp3) is 0.812. The molecule has 1 aromatic heterocycles. The molecule has 0 amide bonds. The fourth-order valence-corrected chi connectivity index (χ4v) is 2.38. The molecular weight excluding hydrogens is 234 g/mol. The summed E-state index contributed by atoms with van der Waals surface area (Å²) in [7, 11) is 0. The van der Waals surface area contributed by atoms with E-state index in [1.54, 1.807) is 0 Å². The van der Waals surface area contributed by atoms with Crippen molar-refractivity contribution >= 4 is 0 Å². The molecule has 0 aliphatic rings. The van der Waals surface area contributed by atoms with Gasteiger partial charge in [0.05, 0.1) is 5.69 Å². The first-order valence-corrected chi connectivity index (χ1v) is 7.98. The Bertz CT molecular complexity index is 332. The Morgan fingerprint density at radius 3 is 2.68 bits per heavy atom. The standard InChI is InChI=1S/C16H31N3/c1-5-8-9-10-15(17-7-3)13-16-11-12-19(18-16)14(4)6-2/h11-12,14-15,17H,5-10,13H2,1-4H3. The number of nitrogens with one attached hydrogen (secondary N) is 1. The molecule has 0 saturated carbocycles. The first kappa shape index (κ1) is 16.2. The molecule has 0 radical (unpaired) electrons. The summed E-state index contributed by atoms with van der Waals surface area (Å²) < 4.78 is 2.10. The molecule has 0 fully saturated rings. The Balaban J connectivity index is 2.50. The molecule has 2 atom stereocenters. The number of likely N-dealkylation sites (N-methyl/N-ethyl adjacent to an activating group) is 1. The number of rotatable bonds is 10. The molecule has 0 saturated heterocycles. The van der Waals surface area contributed by atoms with Gasteiger partial charge in [0.15, 0.2) is 0 Å². The van der Waals surface area contributed by atoms with E-state index in [-0.39, 0.29) is 0 Å². The highest BCUT2D eigenvalue weighted by atomic mass is 15.3. The van der Waals surface area contributed by atoms with Gasteiger partial charge in [0.25, 0.3) is 0 Å². The van der Waals surface area contributed by atoms with Crippen molar-refractivity contribution in [3.63, 3.8) is 0 Å². The Hall–Kier alpha value is -0.830. The van der Waals surface area contributed by atoms with E-state index in [2.05, 4.69) is 50.0 Å². The molecule has 19 heavy (non-hydrogen) atoms. The quantitative estimate of drug-likeness (QED) is 0.649. The van der Waals surface area contributed by atoms with Gasteiger partial charge >= 0.3 is 0 Å². The molecule has 0 aliphatic heterocycles. The van der Waals surface area contributed by atoms with Crippen molar-refractivity contribution < 1.29 is 0 Å². The minimum Gasteiger partial charge on any atom is -0.314 e. The van der Waals surface area contributed by atoms with Crippen LogP contribution in [0.3, 0.4) is 0 Å². The van der Waals surface area contributed by atoms with Gasteiger partial charge in [-0.3, -0.25) is 4.68 Å². The number of unbranched alkanes of at least 4 members (excludes halogenated alkanes) is 2. The minimum atomic E-state index is 0.506. The second-order valence-corrected chi connectivity index (χ2v) is 5.50. The number of hydrogen-bond donors (Lipinski definition) is 1. The van der Waals surface area contributed by atoms with Gasteiger partial charge in [0.2, 0.25) is 0 Å². The van der Waals surface area contributed by atoms with Crippen LogP contribution in [-0.4, -0.2) is 22.4 Å². The second kappa shape index (κ2) is 9.13. The Kier molecular flexibility index (Phi) is 7.80. The third-order valence-electron chi connectivity index (χ3n) is 3.81. The van der Waals surface area contributed by atoms with Crippen LogP contribution in [0.2, 0.25) is 0 Å². The summed E-state index contributed by atoms with van der Waals surface area (Å²) in [4.78, 5) is 0. The molecule has 1 N–H and O–H groups in total. The average molecular weight is 265 g/mol. The smallest absolute Gasteiger partial charge is 0.0640 e. The van der Waals surface area contributed by atoms with Gasteiger partial charge in [0.1, 0.15) is 0 Å². The van der Waals surface area contributed by atoms with Crippen LogP contribution >= 0.6 is 0 Å². The normalized spacial score (nSPS) is 14.5. The maximum absolute atomic E-state index is 4.71. The van der Waals surface area contributed by atoms with E-state index in [4.69, 9.17) is 5.10 Å². The third kappa shape index (κ3) is 5.77. The van der Waals surface area contributed by atoms with Crippen molar-refractivity contribution in [2.75, 3.05) is 6.54 Å². The molecule has 3 nitrogen and oxygen atoms in total. The molecule has 2 unspecified atom stereocenters. The summed E-state index contributed by atoms with van der Waals surface area (Å²) in [6.45, 7) is 9.92. The van der Waals surface area contributed by atoms with Gasteiger partial charge in [-0.05, 0) is 32.4 Å². The van der Waals surface area contributed by atoms with E-state index in [1.807, 2.05) is 0 Å². The van der Waals surface area contributed by atoms with Crippen molar-refractivity contribution in [2.45, 2.75) is 78.3 Å². The highest BCUT2D eigenvalue weighted by Crippen LogP contribution is 2.12. The highest BCUT2D eigenvalue weighted by molar-refractivity contribution is 5.02. The lowest BCUT2D eigenvalue weighted by Gasteiger charge is -2.16. The molecule has 3 heteroatoms. The Morgan fingerprint density at radius 2 is 2.05 bits per heavy atom. The van der Waals surface area contributed by atoms with Crippen LogP contribution in [0.1, 0.15) is 71.5 Å². The topological polar surface area (TPSA) is 29.9 Å². The summed E-state index contributed by atoms with van der Waals surface area (Å²) in [5, 5.41) is 8.30. The van der Waals surface area contributed by atoms with E-state index in [1.165, 1.54) is 31.4 Å². The Labute approximate surface area is 118 Å². The van der Waals surface area contributed by atoms with Gasteiger partial charge in [0, 0.05) is 24.7 Å². The lowest BCUT2D eigenvalue weighted by atomic mass is 10.0. The molecule has 0 bridgehead atoms. The first-order chi connectivity index (χ1) is 9.21. The molecular formula is C16H31N3. The summed E-state index contributed by atoms with van der Waals surface area (Å²) in [5.41, 5.74) is 1.22. The van der Waals surface area contributed by atoms with Crippen LogP contribution in [0.5, 0.6) is 0 Å². The van der Waals surface area contributed by atoms with E-state index >= 15 is 0 Å². The number of hydrogen-bond acceptors (Lipinski definition) is 2. The lowest BCUT2D eigenvalue weighted by molar-refractivity contribution is 0.447. The Morgan fingerprint density at radius 1 is 1.26 bits per heavy atom. The largest absolute Gasteiger partial charge is 0.314 e. The maximum atomic E-state index is 4.71. The molecule has 0 aromatic carbocycles. The highest BCUT2D eigenvalue weighted by Gasteiger charge is 2.11. The number of nitrogens with zero attached hydrogens (tertiary/aromatic N) is 2. The molecule has 0 aliphatic carbocycles. The van der Waals surface area contributed by atoms with Crippen LogP contribution in [0.25, 0.3) is 0 Å². The van der Waals surface area contributed by atoms with E-state index in [0.29, 0.717) is 12.1 Å². The van der Waals surface area contributed by atoms with Gasteiger partial charge < -0.3 is 5.32 Å². The molecule has 110 valence electrons. The minimum absolute atomic E-state index is 0.506. The van der Waals surface area contributed by atoms with E-state index in [9.17, 15) is 0 Å². The van der Waals surface area contributed by atoms with Gasteiger partial charge in [-0.1, -0.05) is 40.0 Å². The first-order valence-electron chi connectivity index (χ1n) is 7.98. The molecule has 1 heterocycles. The second-order valence-electron chi connectivity index (χ2n) is 5.50. The van der Waals surface area contributed by atoms with Crippen LogP contribution in [-0.2, 0) is 6.42 Å². The van der Waals surface area contributed by atoms with Gasteiger partial charge in [-0.2, -0.15) is 5.10 Å². The van der Waals surface area contributed by atoms with Crippen LogP contribution < -0.4 is 5.32 Å². The van der Waals surface area contributed by atoms with Crippen molar-refractivity contribution in [1.82, 2.24) is 15.1 Å². The van der Waals surface area contributed by atoms with Gasteiger partial charge in [-0.25, -0.2) is 0 Å². The van der Waals surface area contributed by atoms with Crippen LogP contribution in [0.4, 0.5) is 0 Å². The van der Waals surface area contributed by atoms with Crippen molar-refractivity contribution in [2.24, 2.45) is 0 Å². The summed E-state index contributed by atoms with van der Waals surface area (Å²) >= 11 is 0. The predicted molar refractivity (Wildman–Crippen MR) is 82.5 cm³/mol. The zero-order valence-electron chi connectivity index (χ0n) is 13.2. The lowest BCUT2D eigenvalue weighted by Crippen LogP contribution is -2.31. The third-order valence-corrected chi connectivity index (χ3v) is 3.81. The predicted octanol–water partition coefficient (Wildman–Crippen LogP) is 3.96. The summed E-state index contributed by atoms with van der Waals surface area (Å²) in [6.07, 6.45) is 9.52. The zero-order chi connectivity index (χ0) is 14.1.